The summed E-state index contributed by atoms with van der Waals surface area (Å²) in [6, 6.07) is 9.40. The Morgan fingerprint density at radius 2 is 1.89 bits per heavy atom. The molecule has 0 heterocycles. The number of hydrogen-bond donors (Lipinski definition) is 1. The molecule has 2 rings (SSSR count). The van der Waals surface area contributed by atoms with Gasteiger partial charge in [-0.15, -0.1) is 0 Å². The number of aliphatic hydroxyl groups is 1. The second kappa shape index (κ2) is 5.96. The highest BCUT2D eigenvalue weighted by atomic mass is 16.3. The van der Waals surface area contributed by atoms with E-state index in [1.54, 1.807) is 0 Å². The molecule has 0 bridgehead atoms. The topological polar surface area (TPSA) is 37.3 Å². The lowest BCUT2D eigenvalue weighted by molar-refractivity contribution is -0.117. The molecule has 2 heteroatoms. The third kappa shape index (κ3) is 3.08. The first-order valence-corrected chi connectivity index (χ1v) is 6.63. The molecule has 18 heavy (non-hydrogen) atoms. The van der Waals surface area contributed by atoms with Crippen LogP contribution in [0.2, 0.25) is 0 Å². The van der Waals surface area contributed by atoms with Crippen molar-refractivity contribution in [2.24, 2.45) is 0 Å². The highest BCUT2D eigenvalue weighted by Gasteiger charge is 2.20. The van der Waals surface area contributed by atoms with Crippen molar-refractivity contribution < 1.29 is 9.90 Å². The van der Waals surface area contributed by atoms with Crippen molar-refractivity contribution in [2.75, 3.05) is 0 Å². The molecule has 1 aliphatic carbocycles. The summed E-state index contributed by atoms with van der Waals surface area (Å²) in [6.45, 7) is 2.04. The highest BCUT2D eigenvalue weighted by Crippen LogP contribution is 2.28. The van der Waals surface area contributed by atoms with E-state index in [1.165, 1.54) is 12.0 Å². The van der Waals surface area contributed by atoms with Crippen LogP contribution in [0.3, 0.4) is 0 Å². The zero-order chi connectivity index (χ0) is 13.0. The Balaban J connectivity index is 2.03. The van der Waals surface area contributed by atoms with Crippen LogP contribution in [0.5, 0.6) is 0 Å². The van der Waals surface area contributed by atoms with Gasteiger partial charge in [-0.25, -0.2) is 0 Å². The lowest BCUT2D eigenvalue weighted by Gasteiger charge is -2.18. The van der Waals surface area contributed by atoms with Crippen molar-refractivity contribution in [2.45, 2.75) is 45.1 Å². The van der Waals surface area contributed by atoms with Crippen molar-refractivity contribution in [3.8, 4) is 0 Å². The van der Waals surface area contributed by atoms with Crippen LogP contribution in [-0.2, 0) is 4.79 Å². The van der Waals surface area contributed by atoms with Crippen LogP contribution < -0.4 is 0 Å². The third-order valence-corrected chi connectivity index (χ3v) is 3.64. The summed E-state index contributed by atoms with van der Waals surface area (Å²) in [6.07, 6.45) is 3.72. The molecule has 0 saturated heterocycles. The molecule has 1 aromatic carbocycles. The molecule has 1 aliphatic rings. The quantitative estimate of drug-likeness (QED) is 0.879. The van der Waals surface area contributed by atoms with Gasteiger partial charge in [-0.3, -0.25) is 4.79 Å². The molecular weight excluding hydrogens is 224 g/mol. The van der Waals surface area contributed by atoms with Crippen molar-refractivity contribution in [3.63, 3.8) is 0 Å². The van der Waals surface area contributed by atoms with Gasteiger partial charge in [0.05, 0.1) is 6.10 Å². The van der Waals surface area contributed by atoms with Gasteiger partial charge in [0.1, 0.15) is 0 Å². The summed E-state index contributed by atoms with van der Waals surface area (Å²) in [4.78, 5) is 12.2. The molecule has 1 aromatic rings. The molecule has 0 amide bonds. The van der Waals surface area contributed by atoms with Crippen molar-refractivity contribution in [1.82, 2.24) is 0 Å². The Labute approximate surface area is 108 Å². The average Bonchev–Trinajstić information content (AvgIpc) is 2.40. The monoisotopic (exact) mass is 244 g/mol. The number of rotatable bonds is 4. The molecule has 0 aliphatic heterocycles. The minimum atomic E-state index is -0.680. The summed E-state index contributed by atoms with van der Waals surface area (Å²) < 4.78 is 0. The normalized spacial score (nSPS) is 17.7. The van der Waals surface area contributed by atoms with Crippen LogP contribution in [-0.4, -0.2) is 10.9 Å². The van der Waals surface area contributed by atoms with Crippen LogP contribution >= 0.6 is 0 Å². The van der Waals surface area contributed by atoms with E-state index >= 15 is 0 Å². The van der Waals surface area contributed by atoms with Gasteiger partial charge in [-0.1, -0.05) is 35.9 Å². The maximum Gasteiger partial charge on any atom is 0.161 e. The first-order valence-electron chi connectivity index (χ1n) is 6.63. The lowest BCUT2D eigenvalue weighted by atomic mass is 9.88. The first-order chi connectivity index (χ1) is 8.68. The maximum atomic E-state index is 12.2. The van der Waals surface area contributed by atoms with E-state index < -0.39 is 6.10 Å². The number of ketones is 1. The minimum Gasteiger partial charge on any atom is -0.388 e. The zero-order valence-corrected chi connectivity index (χ0v) is 10.9. The summed E-state index contributed by atoms with van der Waals surface area (Å²) >= 11 is 0. The van der Waals surface area contributed by atoms with Gasteiger partial charge in [0.15, 0.2) is 5.78 Å². The largest absolute Gasteiger partial charge is 0.388 e. The van der Waals surface area contributed by atoms with Gasteiger partial charge in [0.2, 0.25) is 0 Å². The van der Waals surface area contributed by atoms with E-state index in [4.69, 9.17) is 0 Å². The van der Waals surface area contributed by atoms with Crippen molar-refractivity contribution in [1.29, 1.82) is 0 Å². The second-order valence-corrected chi connectivity index (χ2v) is 5.02. The standard InChI is InChI=1S/C16H20O2/c1-12-7-5-6-10-14(12)16(18)11-15(17)13-8-3-2-4-9-13/h2-4,8-9,15,17H,5-7,10-11H2,1H3. The highest BCUT2D eigenvalue weighted by molar-refractivity contribution is 5.96. The van der Waals surface area contributed by atoms with E-state index in [1.807, 2.05) is 37.3 Å². The SMILES string of the molecule is CC1=C(C(=O)CC(O)c2ccccc2)CCCC1. The molecule has 0 fully saturated rings. The second-order valence-electron chi connectivity index (χ2n) is 5.02. The zero-order valence-electron chi connectivity index (χ0n) is 10.9. The minimum absolute atomic E-state index is 0.114. The van der Waals surface area contributed by atoms with E-state index in [0.29, 0.717) is 0 Å². The van der Waals surface area contributed by atoms with Crippen LogP contribution in [0.15, 0.2) is 41.5 Å². The number of benzene rings is 1. The summed E-state index contributed by atoms with van der Waals surface area (Å²) in [5.74, 6) is 0.114. The van der Waals surface area contributed by atoms with Crippen LogP contribution in [0.25, 0.3) is 0 Å². The Kier molecular flexibility index (Phi) is 4.32. The number of carbonyl (C=O) groups excluding carboxylic acids is 1. The predicted octanol–water partition coefficient (Wildman–Crippen LogP) is 3.57. The van der Waals surface area contributed by atoms with Crippen molar-refractivity contribution in [3.05, 3.63) is 47.0 Å². The average molecular weight is 244 g/mol. The van der Waals surface area contributed by atoms with Crippen LogP contribution in [0, 0.1) is 0 Å². The molecular formula is C16H20O2. The van der Waals surface area contributed by atoms with Gasteiger partial charge in [-0.05, 0) is 43.7 Å². The van der Waals surface area contributed by atoms with Crippen LogP contribution in [0.4, 0.5) is 0 Å². The molecule has 1 N–H and O–H groups in total. The number of Topliss-reactive ketones (excluding diaryl/α,β-unsaturated/α-hetero) is 1. The Morgan fingerprint density at radius 3 is 2.56 bits per heavy atom. The Bertz CT molecular complexity index is 445. The summed E-state index contributed by atoms with van der Waals surface area (Å²) in [5, 5.41) is 10.1. The third-order valence-electron chi connectivity index (χ3n) is 3.64. The lowest BCUT2D eigenvalue weighted by Crippen LogP contribution is -2.12. The molecule has 0 spiro atoms. The summed E-state index contributed by atoms with van der Waals surface area (Å²) in [7, 11) is 0. The van der Waals surface area contributed by atoms with Crippen molar-refractivity contribution >= 4 is 5.78 Å². The first kappa shape index (κ1) is 13.0. The number of hydrogen-bond acceptors (Lipinski definition) is 2. The maximum absolute atomic E-state index is 12.2. The van der Waals surface area contributed by atoms with E-state index in [0.717, 1.165) is 30.4 Å². The number of allylic oxidation sites excluding steroid dienone is 2. The van der Waals surface area contributed by atoms with E-state index in [-0.39, 0.29) is 12.2 Å². The van der Waals surface area contributed by atoms with E-state index in [9.17, 15) is 9.90 Å². The van der Waals surface area contributed by atoms with E-state index in [2.05, 4.69) is 0 Å². The Morgan fingerprint density at radius 1 is 1.22 bits per heavy atom. The summed E-state index contributed by atoms with van der Waals surface area (Å²) in [5.41, 5.74) is 2.99. The molecule has 2 nitrogen and oxygen atoms in total. The fourth-order valence-electron chi connectivity index (χ4n) is 2.53. The van der Waals surface area contributed by atoms with Crippen LogP contribution in [0.1, 0.15) is 50.7 Å². The predicted molar refractivity (Wildman–Crippen MR) is 72.2 cm³/mol. The number of carbonyl (C=O) groups is 1. The molecule has 0 aromatic heterocycles. The fraction of sp³-hybridized carbons (Fsp3) is 0.438. The number of aliphatic hydroxyl groups excluding tert-OH is 1. The molecule has 1 unspecified atom stereocenters. The van der Waals surface area contributed by atoms with Gasteiger partial charge in [0, 0.05) is 6.42 Å². The van der Waals surface area contributed by atoms with Gasteiger partial charge < -0.3 is 5.11 Å². The molecule has 1 atom stereocenters. The van der Waals surface area contributed by atoms with Gasteiger partial charge in [0.25, 0.3) is 0 Å². The smallest absolute Gasteiger partial charge is 0.161 e. The molecule has 0 saturated carbocycles. The Hall–Kier alpha value is -1.41. The van der Waals surface area contributed by atoms with Gasteiger partial charge in [-0.2, -0.15) is 0 Å². The molecule has 96 valence electrons. The molecule has 0 radical (unpaired) electrons. The fourth-order valence-corrected chi connectivity index (χ4v) is 2.53. The van der Waals surface area contributed by atoms with Gasteiger partial charge >= 0.3 is 0 Å².